The van der Waals surface area contributed by atoms with Crippen LogP contribution in [0.4, 0.5) is 0 Å². The van der Waals surface area contributed by atoms with Gasteiger partial charge >= 0.3 is 0 Å². The summed E-state index contributed by atoms with van der Waals surface area (Å²) in [6, 6.07) is 15.3. The molecule has 0 radical (unpaired) electrons. The van der Waals surface area contributed by atoms with Crippen molar-refractivity contribution in [2.24, 2.45) is 0 Å². The van der Waals surface area contributed by atoms with Crippen molar-refractivity contribution < 1.29 is 0 Å². The van der Waals surface area contributed by atoms with E-state index in [0.717, 1.165) is 6.42 Å². The Kier molecular flexibility index (Phi) is 3.58. The van der Waals surface area contributed by atoms with Crippen molar-refractivity contribution in [3.05, 3.63) is 65.5 Å². The van der Waals surface area contributed by atoms with Crippen molar-refractivity contribution >= 4 is 0 Å². The number of hydrogen-bond donors (Lipinski definition) is 1. The lowest BCUT2D eigenvalue weighted by Crippen LogP contribution is -2.33. The third-order valence-electron chi connectivity index (χ3n) is 4.32. The summed E-state index contributed by atoms with van der Waals surface area (Å²) < 4.78 is 0. The van der Waals surface area contributed by atoms with Crippen LogP contribution in [0, 0.1) is 6.92 Å². The van der Waals surface area contributed by atoms with Gasteiger partial charge in [-0.1, -0.05) is 43.3 Å². The monoisotopic (exact) mass is 266 g/mol. The molecule has 20 heavy (non-hydrogen) atoms. The molecule has 1 saturated carbocycles. The van der Waals surface area contributed by atoms with Crippen molar-refractivity contribution in [3.63, 3.8) is 0 Å². The second kappa shape index (κ2) is 5.37. The Balaban J connectivity index is 1.84. The molecule has 0 spiro atoms. The lowest BCUT2D eigenvalue weighted by atomic mass is 10.00. The van der Waals surface area contributed by atoms with Crippen LogP contribution < -0.4 is 5.32 Å². The van der Waals surface area contributed by atoms with E-state index in [0.29, 0.717) is 6.04 Å². The highest BCUT2D eigenvalue weighted by Crippen LogP contribution is 2.47. The Labute approximate surface area is 121 Å². The first kappa shape index (κ1) is 13.3. The minimum absolute atomic E-state index is 0.173. The summed E-state index contributed by atoms with van der Waals surface area (Å²) >= 11 is 0. The van der Waals surface area contributed by atoms with Crippen LogP contribution in [0.25, 0.3) is 0 Å². The Morgan fingerprint density at radius 3 is 2.50 bits per heavy atom. The van der Waals surface area contributed by atoms with Crippen molar-refractivity contribution in [3.8, 4) is 0 Å². The number of rotatable bonds is 5. The van der Waals surface area contributed by atoms with Gasteiger partial charge in [0.25, 0.3) is 0 Å². The van der Waals surface area contributed by atoms with Gasteiger partial charge in [-0.3, -0.25) is 10.3 Å². The minimum atomic E-state index is 0.173. The molecule has 2 aromatic rings. The average Bonchev–Trinajstić information content (AvgIpc) is 3.28. The highest BCUT2D eigenvalue weighted by Gasteiger charge is 2.45. The van der Waals surface area contributed by atoms with Gasteiger partial charge in [-0.05, 0) is 43.4 Å². The van der Waals surface area contributed by atoms with Crippen molar-refractivity contribution in [1.29, 1.82) is 0 Å². The first-order chi connectivity index (χ1) is 9.75. The van der Waals surface area contributed by atoms with Crippen LogP contribution in [0.2, 0.25) is 0 Å². The topological polar surface area (TPSA) is 24.9 Å². The van der Waals surface area contributed by atoms with Crippen LogP contribution in [-0.2, 0) is 5.54 Å². The molecule has 0 amide bonds. The van der Waals surface area contributed by atoms with Crippen molar-refractivity contribution in [2.75, 3.05) is 0 Å². The molecule has 1 fully saturated rings. The van der Waals surface area contributed by atoms with Gasteiger partial charge in [-0.2, -0.15) is 0 Å². The van der Waals surface area contributed by atoms with E-state index < -0.39 is 0 Å². The van der Waals surface area contributed by atoms with E-state index in [9.17, 15) is 0 Å². The largest absolute Gasteiger partial charge is 0.299 e. The Hall–Kier alpha value is -1.67. The zero-order valence-electron chi connectivity index (χ0n) is 12.3. The van der Waals surface area contributed by atoms with Gasteiger partial charge in [0.1, 0.15) is 0 Å². The van der Waals surface area contributed by atoms with E-state index >= 15 is 0 Å². The van der Waals surface area contributed by atoms with Gasteiger partial charge < -0.3 is 0 Å². The summed E-state index contributed by atoms with van der Waals surface area (Å²) in [4.78, 5) is 4.59. The van der Waals surface area contributed by atoms with Crippen LogP contribution in [-0.4, -0.2) is 4.98 Å². The maximum absolute atomic E-state index is 4.59. The molecule has 1 heterocycles. The van der Waals surface area contributed by atoms with Crippen molar-refractivity contribution in [1.82, 2.24) is 10.3 Å². The van der Waals surface area contributed by atoms with Gasteiger partial charge in [0.05, 0.1) is 11.7 Å². The third-order valence-corrected chi connectivity index (χ3v) is 4.32. The van der Waals surface area contributed by atoms with Crippen molar-refractivity contribution in [2.45, 2.75) is 44.7 Å². The van der Waals surface area contributed by atoms with Gasteiger partial charge in [0.15, 0.2) is 0 Å². The molecule has 2 heteroatoms. The molecular weight excluding hydrogens is 244 g/mol. The number of nitrogens with one attached hydrogen (secondary N) is 1. The van der Waals surface area contributed by atoms with Crippen LogP contribution in [0.15, 0.2) is 48.7 Å². The lowest BCUT2D eigenvalue weighted by molar-refractivity contribution is 0.411. The summed E-state index contributed by atoms with van der Waals surface area (Å²) in [5.41, 5.74) is 4.05. The molecule has 0 aliphatic heterocycles. The molecule has 1 atom stereocenters. The summed E-state index contributed by atoms with van der Waals surface area (Å²) in [5.74, 6) is 0. The molecule has 104 valence electrons. The minimum Gasteiger partial charge on any atom is -0.299 e. The quantitative estimate of drug-likeness (QED) is 0.880. The highest BCUT2D eigenvalue weighted by molar-refractivity contribution is 5.31. The fourth-order valence-corrected chi connectivity index (χ4v) is 2.96. The Bertz CT molecular complexity index is 573. The van der Waals surface area contributed by atoms with E-state index in [4.69, 9.17) is 0 Å². The van der Waals surface area contributed by atoms with Gasteiger partial charge in [-0.15, -0.1) is 0 Å². The molecule has 1 unspecified atom stereocenters. The molecule has 1 aromatic carbocycles. The normalized spacial score (nSPS) is 17.7. The SMILES string of the molecule is CCC(NC1(c2ccccc2)CC1)c1ncccc1C. The van der Waals surface area contributed by atoms with Crippen LogP contribution in [0.1, 0.15) is 49.0 Å². The van der Waals surface area contributed by atoms with E-state index in [1.54, 1.807) is 0 Å². The van der Waals surface area contributed by atoms with Gasteiger partial charge in [-0.25, -0.2) is 0 Å². The average molecular weight is 266 g/mol. The molecule has 0 bridgehead atoms. The summed E-state index contributed by atoms with van der Waals surface area (Å²) in [7, 11) is 0. The number of aryl methyl sites for hydroxylation is 1. The van der Waals surface area contributed by atoms with Crippen LogP contribution >= 0.6 is 0 Å². The van der Waals surface area contributed by atoms with E-state index in [2.05, 4.69) is 60.5 Å². The predicted octanol–water partition coefficient (Wildman–Crippen LogP) is 4.12. The number of hydrogen-bond acceptors (Lipinski definition) is 2. The van der Waals surface area contributed by atoms with Crippen LogP contribution in [0.5, 0.6) is 0 Å². The molecule has 1 aromatic heterocycles. The zero-order valence-corrected chi connectivity index (χ0v) is 12.3. The highest BCUT2D eigenvalue weighted by atomic mass is 15.1. The Morgan fingerprint density at radius 1 is 1.15 bits per heavy atom. The van der Waals surface area contributed by atoms with Gasteiger partial charge in [0, 0.05) is 11.7 Å². The van der Waals surface area contributed by atoms with Crippen LogP contribution in [0.3, 0.4) is 0 Å². The molecule has 1 aliphatic carbocycles. The smallest absolute Gasteiger partial charge is 0.0602 e. The lowest BCUT2D eigenvalue weighted by Gasteiger charge is -2.26. The summed E-state index contributed by atoms with van der Waals surface area (Å²) in [6.07, 6.45) is 5.40. The number of aromatic nitrogens is 1. The van der Waals surface area contributed by atoms with E-state index in [1.165, 1.54) is 29.7 Å². The van der Waals surface area contributed by atoms with E-state index in [-0.39, 0.29) is 5.54 Å². The first-order valence-electron chi connectivity index (χ1n) is 7.50. The fourth-order valence-electron chi connectivity index (χ4n) is 2.96. The zero-order chi connectivity index (χ0) is 14.0. The fraction of sp³-hybridized carbons (Fsp3) is 0.389. The number of nitrogens with zero attached hydrogens (tertiary/aromatic N) is 1. The second-order valence-corrected chi connectivity index (χ2v) is 5.76. The molecular formula is C18H22N2. The molecule has 1 N–H and O–H groups in total. The first-order valence-corrected chi connectivity index (χ1v) is 7.50. The third kappa shape index (κ3) is 2.48. The summed E-state index contributed by atoms with van der Waals surface area (Å²) in [6.45, 7) is 4.38. The summed E-state index contributed by atoms with van der Waals surface area (Å²) in [5, 5.41) is 3.87. The second-order valence-electron chi connectivity index (χ2n) is 5.76. The molecule has 2 nitrogen and oxygen atoms in total. The standard InChI is InChI=1S/C18H22N2/c1-3-16(17-14(2)8-7-13-19-17)20-18(11-12-18)15-9-5-4-6-10-15/h4-10,13,16,20H,3,11-12H2,1-2H3. The molecule has 1 aliphatic rings. The maximum atomic E-state index is 4.59. The molecule has 3 rings (SSSR count). The molecule has 0 saturated heterocycles. The predicted molar refractivity (Wildman–Crippen MR) is 82.5 cm³/mol. The van der Waals surface area contributed by atoms with Gasteiger partial charge in [0.2, 0.25) is 0 Å². The number of benzene rings is 1. The number of pyridine rings is 1. The van der Waals surface area contributed by atoms with E-state index in [1.807, 2.05) is 12.3 Å². The maximum Gasteiger partial charge on any atom is 0.0602 e. The Morgan fingerprint density at radius 2 is 1.90 bits per heavy atom.